The van der Waals surface area contributed by atoms with Gasteiger partial charge in [0, 0.05) is 19.5 Å². The first-order valence-electron chi connectivity index (χ1n) is 7.88. The van der Waals surface area contributed by atoms with Gasteiger partial charge in [-0.3, -0.25) is 0 Å². The van der Waals surface area contributed by atoms with Crippen LogP contribution < -0.4 is 15.2 Å². The average molecular weight is 340 g/mol. The lowest BCUT2D eigenvalue weighted by Crippen LogP contribution is -2.47. The third-order valence-electron chi connectivity index (χ3n) is 3.85. The van der Waals surface area contributed by atoms with E-state index in [1.54, 1.807) is 0 Å². The van der Waals surface area contributed by atoms with E-state index in [9.17, 15) is 0 Å². The molecule has 0 aliphatic carbocycles. The SMILES string of the molecule is CC1CN(C(N)=NCc2cc(Cl)c3c(c2)OCCCO3)CCO1. The number of hydrogen-bond acceptors (Lipinski definition) is 4. The zero-order valence-electron chi connectivity index (χ0n) is 13.3. The Labute approximate surface area is 141 Å². The van der Waals surface area contributed by atoms with E-state index in [-0.39, 0.29) is 6.10 Å². The summed E-state index contributed by atoms with van der Waals surface area (Å²) < 4.78 is 16.8. The van der Waals surface area contributed by atoms with E-state index in [4.69, 9.17) is 31.5 Å². The summed E-state index contributed by atoms with van der Waals surface area (Å²) in [7, 11) is 0. The lowest BCUT2D eigenvalue weighted by Gasteiger charge is -2.31. The minimum atomic E-state index is 0.171. The lowest BCUT2D eigenvalue weighted by molar-refractivity contribution is 0.00529. The topological polar surface area (TPSA) is 69.3 Å². The molecule has 0 bridgehead atoms. The predicted molar refractivity (Wildman–Crippen MR) is 89.4 cm³/mol. The van der Waals surface area contributed by atoms with Gasteiger partial charge in [-0.25, -0.2) is 4.99 Å². The van der Waals surface area contributed by atoms with E-state index in [0.29, 0.717) is 48.8 Å². The van der Waals surface area contributed by atoms with Gasteiger partial charge in [0.05, 0.1) is 37.5 Å². The molecule has 0 radical (unpaired) electrons. The number of halogens is 1. The van der Waals surface area contributed by atoms with Crippen molar-refractivity contribution in [2.45, 2.75) is 26.0 Å². The molecule has 3 rings (SSSR count). The number of benzene rings is 1. The number of guanidine groups is 1. The Bertz CT molecular complexity index is 594. The zero-order valence-corrected chi connectivity index (χ0v) is 14.0. The Morgan fingerprint density at radius 1 is 1.35 bits per heavy atom. The van der Waals surface area contributed by atoms with Gasteiger partial charge in [-0.05, 0) is 24.6 Å². The van der Waals surface area contributed by atoms with Gasteiger partial charge in [-0.15, -0.1) is 0 Å². The summed E-state index contributed by atoms with van der Waals surface area (Å²) >= 11 is 6.29. The van der Waals surface area contributed by atoms with Crippen molar-refractivity contribution in [3.63, 3.8) is 0 Å². The van der Waals surface area contributed by atoms with Crippen molar-refractivity contribution < 1.29 is 14.2 Å². The smallest absolute Gasteiger partial charge is 0.191 e. The van der Waals surface area contributed by atoms with Gasteiger partial charge in [-0.2, -0.15) is 0 Å². The highest BCUT2D eigenvalue weighted by molar-refractivity contribution is 6.32. The van der Waals surface area contributed by atoms with Crippen LogP contribution in [0.2, 0.25) is 5.02 Å². The highest BCUT2D eigenvalue weighted by atomic mass is 35.5. The molecule has 1 saturated heterocycles. The molecule has 1 fully saturated rings. The maximum atomic E-state index is 6.29. The van der Waals surface area contributed by atoms with E-state index >= 15 is 0 Å². The molecule has 2 aliphatic rings. The molecule has 6 nitrogen and oxygen atoms in total. The quantitative estimate of drug-likeness (QED) is 0.659. The van der Waals surface area contributed by atoms with Crippen molar-refractivity contribution in [2.24, 2.45) is 10.7 Å². The van der Waals surface area contributed by atoms with E-state index in [2.05, 4.69) is 4.99 Å². The van der Waals surface area contributed by atoms with Gasteiger partial charge in [-0.1, -0.05) is 11.6 Å². The molecule has 23 heavy (non-hydrogen) atoms. The minimum absolute atomic E-state index is 0.171. The Morgan fingerprint density at radius 2 is 2.17 bits per heavy atom. The Balaban J connectivity index is 1.71. The number of ether oxygens (including phenoxy) is 3. The molecule has 0 spiro atoms. The highest BCUT2D eigenvalue weighted by Crippen LogP contribution is 2.38. The molecule has 0 saturated carbocycles. The fourth-order valence-corrected chi connectivity index (χ4v) is 2.96. The molecule has 1 atom stereocenters. The second-order valence-corrected chi connectivity index (χ2v) is 6.16. The van der Waals surface area contributed by atoms with Gasteiger partial charge in [0.2, 0.25) is 0 Å². The molecule has 1 aromatic rings. The van der Waals surface area contributed by atoms with Crippen LogP contribution in [0.1, 0.15) is 18.9 Å². The number of rotatable bonds is 2. The molecule has 7 heteroatoms. The predicted octanol–water partition coefficient (Wildman–Crippen LogP) is 2.04. The Morgan fingerprint density at radius 3 is 3.00 bits per heavy atom. The number of aliphatic imine (C=N–C) groups is 1. The fraction of sp³-hybridized carbons (Fsp3) is 0.562. The van der Waals surface area contributed by atoms with Crippen LogP contribution in [0, 0.1) is 0 Å². The van der Waals surface area contributed by atoms with Gasteiger partial charge in [0.15, 0.2) is 17.5 Å². The van der Waals surface area contributed by atoms with Crippen LogP contribution in [0.5, 0.6) is 11.5 Å². The largest absolute Gasteiger partial charge is 0.489 e. The van der Waals surface area contributed by atoms with E-state index in [1.165, 1.54) is 0 Å². The van der Waals surface area contributed by atoms with Gasteiger partial charge in [0.25, 0.3) is 0 Å². The van der Waals surface area contributed by atoms with Gasteiger partial charge < -0.3 is 24.8 Å². The van der Waals surface area contributed by atoms with Gasteiger partial charge >= 0.3 is 0 Å². The van der Waals surface area contributed by atoms with E-state index in [1.807, 2.05) is 24.0 Å². The van der Waals surface area contributed by atoms with Crippen molar-refractivity contribution in [1.29, 1.82) is 0 Å². The Kier molecular flexibility index (Phi) is 5.13. The molecule has 1 unspecified atom stereocenters. The molecule has 126 valence electrons. The summed E-state index contributed by atoms with van der Waals surface area (Å²) in [5.41, 5.74) is 7.04. The first kappa shape index (κ1) is 16.2. The minimum Gasteiger partial charge on any atom is -0.489 e. The number of nitrogens with zero attached hydrogens (tertiary/aromatic N) is 2. The maximum Gasteiger partial charge on any atom is 0.191 e. The lowest BCUT2D eigenvalue weighted by atomic mass is 10.2. The number of nitrogens with two attached hydrogens (primary N) is 1. The Hall–Kier alpha value is -1.66. The first-order valence-corrected chi connectivity index (χ1v) is 8.26. The van der Waals surface area contributed by atoms with Crippen molar-refractivity contribution in [2.75, 3.05) is 32.9 Å². The summed E-state index contributed by atoms with van der Waals surface area (Å²) in [5.74, 6) is 1.83. The van der Waals surface area contributed by atoms with E-state index in [0.717, 1.165) is 25.1 Å². The van der Waals surface area contributed by atoms with E-state index < -0.39 is 0 Å². The number of morpholine rings is 1. The summed E-state index contributed by atoms with van der Waals surface area (Å²) in [4.78, 5) is 6.52. The third-order valence-corrected chi connectivity index (χ3v) is 4.13. The van der Waals surface area contributed by atoms with Crippen molar-refractivity contribution in [3.05, 3.63) is 22.7 Å². The molecule has 0 amide bonds. The second-order valence-electron chi connectivity index (χ2n) is 5.76. The first-order chi connectivity index (χ1) is 11.1. The monoisotopic (exact) mass is 339 g/mol. The second kappa shape index (κ2) is 7.27. The van der Waals surface area contributed by atoms with Crippen molar-refractivity contribution >= 4 is 17.6 Å². The normalized spacial score (nSPS) is 21.9. The summed E-state index contributed by atoms with van der Waals surface area (Å²) in [6, 6.07) is 3.78. The van der Waals surface area contributed by atoms with Crippen LogP contribution in [0.4, 0.5) is 0 Å². The van der Waals surface area contributed by atoms with Crippen molar-refractivity contribution in [1.82, 2.24) is 4.90 Å². The zero-order chi connectivity index (χ0) is 16.2. The fourth-order valence-electron chi connectivity index (χ4n) is 2.67. The standard InChI is InChI=1S/C16H22ClN3O3/c1-11-10-20(3-6-21-11)16(18)19-9-12-7-13(17)15-14(8-12)22-4-2-5-23-15/h7-8,11H,2-6,9-10H2,1H3,(H2,18,19). The molecular formula is C16H22ClN3O3. The molecule has 2 heterocycles. The van der Waals surface area contributed by atoms with Crippen LogP contribution in [-0.2, 0) is 11.3 Å². The molecule has 1 aromatic carbocycles. The number of fused-ring (bicyclic) bond motifs is 1. The maximum absolute atomic E-state index is 6.29. The van der Waals surface area contributed by atoms with Crippen LogP contribution in [0.15, 0.2) is 17.1 Å². The van der Waals surface area contributed by atoms with Crippen LogP contribution in [-0.4, -0.2) is 49.9 Å². The van der Waals surface area contributed by atoms with Crippen LogP contribution in [0.25, 0.3) is 0 Å². The molecular weight excluding hydrogens is 318 g/mol. The van der Waals surface area contributed by atoms with Crippen LogP contribution >= 0.6 is 11.6 Å². The molecule has 2 aliphatic heterocycles. The molecule has 2 N–H and O–H groups in total. The highest BCUT2D eigenvalue weighted by Gasteiger charge is 2.19. The van der Waals surface area contributed by atoms with Gasteiger partial charge in [0.1, 0.15) is 0 Å². The number of hydrogen-bond donors (Lipinski definition) is 1. The molecule has 0 aromatic heterocycles. The summed E-state index contributed by atoms with van der Waals surface area (Å²) in [6.45, 7) is 5.93. The van der Waals surface area contributed by atoms with Crippen molar-refractivity contribution in [3.8, 4) is 11.5 Å². The average Bonchev–Trinajstić information content (AvgIpc) is 2.78. The third kappa shape index (κ3) is 4.00. The van der Waals surface area contributed by atoms with Crippen LogP contribution in [0.3, 0.4) is 0 Å². The summed E-state index contributed by atoms with van der Waals surface area (Å²) in [5, 5.41) is 0.549. The summed E-state index contributed by atoms with van der Waals surface area (Å²) in [6.07, 6.45) is 1.02.